The largest absolute Gasteiger partial charge is 0.481 e. The van der Waals surface area contributed by atoms with E-state index in [0.717, 1.165) is 5.56 Å². The molecular formula is C11H11F3O2. The van der Waals surface area contributed by atoms with Crippen molar-refractivity contribution in [3.8, 4) is 0 Å². The first kappa shape index (κ1) is 12.5. The van der Waals surface area contributed by atoms with Crippen LogP contribution in [0.2, 0.25) is 0 Å². The summed E-state index contributed by atoms with van der Waals surface area (Å²) >= 11 is 0. The number of hydrogen-bond acceptors (Lipinski definition) is 1. The van der Waals surface area contributed by atoms with E-state index in [1.807, 2.05) is 0 Å². The number of aliphatic carboxylic acids is 1. The molecule has 0 bridgehead atoms. The van der Waals surface area contributed by atoms with E-state index < -0.39 is 24.5 Å². The molecule has 1 aromatic rings. The summed E-state index contributed by atoms with van der Waals surface area (Å²) in [6.45, 7) is 1.78. The van der Waals surface area contributed by atoms with Gasteiger partial charge in [-0.15, -0.1) is 0 Å². The topological polar surface area (TPSA) is 37.3 Å². The second-order valence-electron chi connectivity index (χ2n) is 3.62. The van der Waals surface area contributed by atoms with Crippen LogP contribution in [0.3, 0.4) is 0 Å². The van der Waals surface area contributed by atoms with Crippen LogP contribution in [0.4, 0.5) is 13.2 Å². The standard InChI is InChI=1S/C11H11F3O2/c1-7-2-4-8(5-3-7)9(10(15)16)6-11(12,13)14/h2-5,9H,6H2,1H3,(H,15,16). The Bertz CT molecular complexity index is 368. The lowest BCUT2D eigenvalue weighted by atomic mass is 9.95. The summed E-state index contributed by atoms with van der Waals surface area (Å²) in [5, 5.41) is 8.76. The molecule has 1 unspecified atom stereocenters. The summed E-state index contributed by atoms with van der Waals surface area (Å²) in [4.78, 5) is 10.8. The normalized spacial score (nSPS) is 13.5. The number of carbonyl (C=O) groups is 1. The van der Waals surface area contributed by atoms with Crippen LogP contribution in [0, 0.1) is 6.92 Å². The molecule has 0 aliphatic heterocycles. The van der Waals surface area contributed by atoms with E-state index in [-0.39, 0.29) is 5.56 Å². The fourth-order valence-electron chi connectivity index (χ4n) is 1.38. The molecule has 5 heteroatoms. The first-order chi connectivity index (χ1) is 7.29. The fraction of sp³-hybridized carbons (Fsp3) is 0.364. The molecule has 0 saturated carbocycles. The zero-order valence-corrected chi connectivity index (χ0v) is 8.58. The molecule has 1 rings (SSSR count). The van der Waals surface area contributed by atoms with Gasteiger partial charge in [-0.25, -0.2) is 0 Å². The van der Waals surface area contributed by atoms with E-state index in [4.69, 9.17) is 5.11 Å². The minimum absolute atomic E-state index is 0.176. The van der Waals surface area contributed by atoms with Crippen LogP contribution < -0.4 is 0 Å². The van der Waals surface area contributed by atoms with Gasteiger partial charge >= 0.3 is 12.1 Å². The van der Waals surface area contributed by atoms with Crippen molar-refractivity contribution in [3.63, 3.8) is 0 Å². The molecular weight excluding hydrogens is 221 g/mol. The summed E-state index contributed by atoms with van der Waals surface area (Å²) in [5.74, 6) is -2.98. The molecule has 0 amide bonds. The summed E-state index contributed by atoms with van der Waals surface area (Å²) < 4.78 is 36.5. The van der Waals surface area contributed by atoms with Crippen molar-refractivity contribution >= 4 is 5.97 Å². The SMILES string of the molecule is Cc1ccc(C(CC(F)(F)F)C(=O)O)cc1. The summed E-state index contributed by atoms with van der Waals surface area (Å²) in [7, 11) is 0. The summed E-state index contributed by atoms with van der Waals surface area (Å²) in [6, 6.07) is 6.03. The van der Waals surface area contributed by atoms with Gasteiger partial charge < -0.3 is 5.11 Å². The Hall–Kier alpha value is -1.52. The molecule has 1 aromatic carbocycles. The van der Waals surface area contributed by atoms with Crippen molar-refractivity contribution in [1.29, 1.82) is 0 Å². The number of benzene rings is 1. The van der Waals surface area contributed by atoms with Gasteiger partial charge in [0.05, 0.1) is 12.3 Å². The van der Waals surface area contributed by atoms with Crippen LogP contribution in [-0.4, -0.2) is 17.3 Å². The lowest BCUT2D eigenvalue weighted by Crippen LogP contribution is -2.20. The maximum atomic E-state index is 12.2. The number of aryl methyl sites for hydroxylation is 1. The number of carboxylic acid groups (broad SMARTS) is 1. The van der Waals surface area contributed by atoms with Crippen LogP contribution in [-0.2, 0) is 4.79 Å². The van der Waals surface area contributed by atoms with Crippen LogP contribution in [0.25, 0.3) is 0 Å². The molecule has 1 atom stereocenters. The van der Waals surface area contributed by atoms with Crippen molar-refractivity contribution in [2.45, 2.75) is 25.4 Å². The predicted octanol–water partition coefficient (Wildman–Crippen LogP) is 3.12. The minimum Gasteiger partial charge on any atom is -0.481 e. The molecule has 0 aliphatic rings. The number of hydrogen-bond donors (Lipinski definition) is 1. The first-order valence-corrected chi connectivity index (χ1v) is 4.66. The van der Waals surface area contributed by atoms with E-state index >= 15 is 0 Å². The molecule has 2 nitrogen and oxygen atoms in total. The van der Waals surface area contributed by atoms with E-state index in [0.29, 0.717) is 0 Å². The Morgan fingerprint density at radius 3 is 2.19 bits per heavy atom. The third-order valence-electron chi connectivity index (χ3n) is 2.21. The van der Waals surface area contributed by atoms with Gasteiger partial charge in [0.15, 0.2) is 0 Å². The minimum atomic E-state index is -4.48. The highest BCUT2D eigenvalue weighted by atomic mass is 19.4. The second-order valence-corrected chi connectivity index (χ2v) is 3.62. The third kappa shape index (κ3) is 3.56. The van der Waals surface area contributed by atoms with Crippen LogP contribution in [0.1, 0.15) is 23.5 Å². The zero-order valence-electron chi connectivity index (χ0n) is 8.58. The average molecular weight is 232 g/mol. The highest BCUT2D eigenvalue weighted by molar-refractivity contribution is 5.76. The monoisotopic (exact) mass is 232 g/mol. The molecule has 0 aromatic heterocycles. The van der Waals surface area contributed by atoms with Gasteiger partial charge in [-0.05, 0) is 12.5 Å². The fourth-order valence-corrected chi connectivity index (χ4v) is 1.38. The van der Waals surface area contributed by atoms with Crippen LogP contribution in [0.15, 0.2) is 24.3 Å². The molecule has 0 heterocycles. The molecule has 16 heavy (non-hydrogen) atoms. The van der Waals surface area contributed by atoms with Gasteiger partial charge in [-0.3, -0.25) is 4.79 Å². The van der Waals surface area contributed by atoms with Gasteiger partial charge in [-0.1, -0.05) is 29.8 Å². The van der Waals surface area contributed by atoms with E-state index in [1.165, 1.54) is 12.1 Å². The van der Waals surface area contributed by atoms with Crippen LogP contribution >= 0.6 is 0 Å². The van der Waals surface area contributed by atoms with Gasteiger partial charge in [0.2, 0.25) is 0 Å². The van der Waals surface area contributed by atoms with Crippen molar-refractivity contribution in [1.82, 2.24) is 0 Å². The number of alkyl halides is 3. The Morgan fingerprint density at radius 2 is 1.81 bits per heavy atom. The van der Waals surface area contributed by atoms with Gasteiger partial charge in [0.25, 0.3) is 0 Å². The summed E-state index contributed by atoms with van der Waals surface area (Å²) in [5.41, 5.74) is 1.05. The Morgan fingerprint density at radius 1 is 1.31 bits per heavy atom. The molecule has 0 saturated heterocycles. The first-order valence-electron chi connectivity index (χ1n) is 4.66. The maximum absolute atomic E-state index is 12.2. The smallest absolute Gasteiger partial charge is 0.390 e. The maximum Gasteiger partial charge on any atom is 0.390 e. The van der Waals surface area contributed by atoms with Crippen molar-refractivity contribution in [3.05, 3.63) is 35.4 Å². The van der Waals surface area contributed by atoms with Crippen molar-refractivity contribution < 1.29 is 23.1 Å². The van der Waals surface area contributed by atoms with E-state index in [2.05, 4.69) is 0 Å². The number of halogens is 3. The second kappa shape index (κ2) is 4.55. The van der Waals surface area contributed by atoms with Gasteiger partial charge in [0.1, 0.15) is 0 Å². The Labute approximate surface area is 90.7 Å². The van der Waals surface area contributed by atoms with E-state index in [9.17, 15) is 18.0 Å². The lowest BCUT2D eigenvalue weighted by Gasteiger charge is -2.15. The Kier molecular flexibility index (Phi) is 3.57. The van der Waals surface area contributed by atoms with E-state index in [1.54, 1.807) is 19.1 Å². The third-order valence-corrected chi connectivity index (χ3v) is 2.21. The highest BCUT2D eigenvalue weighted by Gasteiger charge is 2.36. The molecule has 0 spiro atoms. The predicted molar refractivity (Wildman–Crippen MR) is 52.2 cm³/mol. The quantitative estimate of drug-likeness (QED) is 0.869. The number of rotatable bonds is 3. The van der Waals surface area contributed by atoms with Crippen molar-refractivity contribution in [2.75, 3.05) is 0 Å². The van der Waals surface area contributed by atoms with Gasteiger partial charge in [0, 0.05) is 0 Å². The molecule has 0 aliphatic carbocycles. The highest BCUT2D eigenvalue weighted by Crippen LogP contribution is 2.31. The molecule has 0 radical (unpaired) electrons. The summed E-state index contributed by atoms with van der Waals surface area (Å²) in [6.07, 6.45) is -5.82. The molecule has 88 valence electrons. The average Bonchev–Trinajstić information content (AvgIpc) is 2.14. The number of carboxylic acids is 1. The molecule has 1 N–H and O–H groups in total. The lowest BCUT2D eigenvalue weighted by molar-refractivity contribution is -0.157. The zero-order chi connectivity index (χ0) is 12.3. The Balaban J connectivity index is 2.94. The van der Waals surface area contributed by atoms with Crippen LogP contribution in [0.5, 0.6) is 0 Å². The van der Waals surface area contributed by atoms with Gasteiger partial charge in [-0.2, -0.15) is 13.2 Å². The van der Waals surface area contributed by atoms with Crippen molar-refractivity contribution in [2.24, 2.45) is 0 Å². The molecule has 0 fully saturated rings.